The maximum Gasteiger partial charge on any atom is 0.325 e. The second-order valence-corrected chi connectivity index (χ2v) is 7.17. The van der Waals surface area contributed by atoms with Gasteiger partial charge in [-0.2, -0.15) is 0 Å². The summed E-state index contributed by atoms with van der Waals surface area (Å²) in [6.45, 7) is 5.38. The van der Waals surface area contributed by atoms with E-state index in [1.165, 1.54) is 13.3 Å². The van der Waals surface area contributed by atoms with E-state index in [-0.39, 0.29) is 23.8 Å². The van der Waals surface area contributed by atoms with E-state index < -0.39 is 5.54 Å². The lowest BCUT2D eigenvalue weighted by atomic mass is 9.85. The number of hydrogen-bond donors (Lipinski definition) is 1. The minimum atomic E-state index is -0.839. The van der Waals surface area contributed by atoms with Gasteiger partial charge in [-0.15, -0.1) is 0 Å². The van der Waals surface area contributed by atoms with E-state index in [9.17, 15) is 14.4 Å². The highest BCUT2D eigenvalue weighted by atomic mass is 16.5. The van der Waals surface area contributed by atoms with Crippen molar-refractivity contribution >= 4 is 17.8 Å². The van der Waals surface area contributed by atoms with Crippen LogP contribution in [0.2, 0.25) is 0 Å². The van der Waals surface area contributed by atoms with E-state index in [1.807, 2.05) is 13.8 Å². The van der Waals surface area contributed by atoms with E-state index in [0.717, 1.165) is 0 Å². The van der Waals surface area contributed by atoms with Crippen LogP contribution in [0.5, 0.6) is 5.88 Å². The molecule has 0 atom stereocenters. The normalized spacial score (nSPS) is 19.2. The molecule has 1 aromatic heterocycles. The molecule has 0 unspecified atom stereocenters. The summed E-state index contributed by atoms with van der Waals surface area (Å²) < 4.78 is 5.07. The minimum Gasteiger partial charge on any atom is -0.481 e. The van der Waals surface area contributed by atoms with Crippen molar-refractivity contribution in [2.24, 2.45) is 5.92 Å². The summed E-state index contributed by atoms with van der Waals surface area (Å²) in [5.41, 5.74) is -0.340. The quantitative estimate of drug-likeness (QED) is 0.817. The number of pyridine rings is 1. The van der Waals surface area contributed by atoms with Crippen LogP contribution in [0.25, 0.3) is 0 Å². The summed E-state index contributed by atoms with van der Waals surface area (Å²) in [5, 5.41) is 2.44. The first-order valence-corrected chi connectivity index (χ1v) is 8.80. The van der Waals surface area contributed by atoms with Crippen molar-refractivity contribution in [1.29, 1.82) is 0 Å². The summed E-state index contributed by atoms with van der Waals surface area (Å²) in [6, 6.07) is 2.91. The molecule has 0 aromatic carbocycles. The topological polar surface area (TPSA) is 91.8 Å². The fraction of sp³-hybridized carbons (Fsp3) is 0.556. The molecule has 2 fully saturated rings. The van der Waals surface area contributed by atoms with Gasteiger partial charge >= 0.3 is 6.03 Å². The van der Waals surface area contributed by atoms with Gasteiger partial charge in [0.05, 0.1) is 7.11 Å². The average Bonchev–Trinajstić information content (AvgIpc) is 2.85. The van der Waals surface area contributed by atoms with Crippen LogP contribution in [-0.4, -0.2) is 64.9 Å². The first kappa shape index (κ1) is 18.2. The number of methoxy groups -OCH3 is 1. The maximum absolute atomic E-state index is 12.7. The number of ether oxygens (including phenoxy) is 1. The fourth-order valence-corrected chi connectivity index (χ4v) is 3.63. The summed E-state index contributed by atoms with van der Waals surface area (Å²) in [4.78, 5) is 44.8. The third kappa shape index (κ3) is 3.11. The molecule has 0 saturated carbocycles. The SMILES string of the molecule is COc1cc(C(=O)N2CCC3(CC2)C(=O)NC(=O)N3CC(C)C)ccn1. The molecule has 2 aliphatic heterocycles. The molecule has 0 radical (unpaired) electrons. The third-order valence-electron chi connectivity index (χ3n) is 5.02. The monoisotopic (exact) mass is 360 g/mol. The molecule has 2 saturated heterocycles. The Morgan fingerprint density at radius 1 is 1.35 bits per heavy atom. The largest absolute Gasteiger partial charge is 0.481 e. The zero-order valence-corrected chi connectivity index (χ0v) is 15.3. The third-order valence-corrected chi connectivity index (χ3v) is 5.02. The number of nitrogens with zero attached hydrogens (tertiary/aromatic N) is 3. The Kier molecular flexibility index (Phi) is 4.84. The molecule has 1 N–H and O–H groups in total. The summed E-state index contributed by atoms with van der Waals surface area (Å²) in [6.07, 6.45) is 2.40. The predicted octanol–water partition coefficient (Wildman–Crippen LogP) is 1.27. The molecule has 0 bridgehead atoms. The second kappa shape index (κ2) is 6.93. The first-order valence-electron chi connectivity index (χ1n) is 8.80. The van der Waals surface area contributed by atoms with Crippen LogP contribution in [-0.2, 0) is 4.79 Å². The van der Waals surface area contributed by atoms with Crippen molar-refractivity contribution < 1.29 is 19.1 Å². The minimum absolute atomic E-state index is 0.124. The Balaban J connectivity index is 1.74. The highest BCUT2D eigenvalue weighted by Crippen LogP contribution is 2.34. The maximum atomic E-state index is 12.7. The number of hydrogen-bond acceptors (Lipinski definition) is 5. The summed E-state index contributed by atoms with van der Waals surface area (Å²) >= 11 is 0. The predicted molar refractivity (Wildman–Crippen MR) is 93.7 cm³/mol. The number of carbonyl (C=O) groups is 3. The highest BCUT2D eigenvalue weighted by Gasteiger charge is 2.54. The molecule has 3 heterocycles. The van der Waals surface area contributed by atoms with Gasteiger partial charge < -0.3 is 14.5 Å². The van der Waals surface area contributed by atoms with Crippen molar-refractivity contribution in [2.45, 2.75) is 32.2 Å². The van der Waals surface area contributed by atoms with Gasteiger partial charge in [0.25, 0.3) is 11.8 Å². The molecule has 3 rings (SSSR count). The summed E-state index contributed by atoms with van der Waals surface area (Å²) in [5.74, 6) is 0.266. The van der Waals surface area contributed by atoms with E-state index in [0.29, 0.717) is 43.9 Å². The molecule has 2 aliphatic rings. The lowest BCUT2D eigenvalue weighted by Gasteiger charge is -2.42. The van der Waals surface area contributed by atoms with Crippen LogP contribution in [0.3, 0.4) is 0 Å². The number of nitrogens with one attached hydrogen (secondary N) is 1. The molecule has 1 aromatic rings. The Morgan fingerprint density at radius 3 is 2.65 bits per heavy atom. The smallest absolute Gasteiger partial charge is 0.325 e. The van der Waals surface area contributed by atoms with Crippen LogP contribution < -0.4 is 10.1 Å². The Bertz CT molecular complexity index is 726. The van der Waals surface area contributed by atoms with E-state index in [4.69, 9.17) is 4.74 Å². The zero-order valence-electron chi connectivity index (χ0n) is 15.3. The standard InChI is InChI=1S/C18H24N4O4/c1-12(2)11-22-17(25)20-16(24)18(22)5-8-21(9-6-18)15(23)13-4-7-19-14(10-13)26-3/h4,7,10,12H,5-6,8-9,11H2,1-3H3,(H,20,24,25). The van der Waals surface area contributed by atoms with E-state index >= 15 is 0 Å². The number of amides is 4. The van der Waals surface area contributed by atoms with Crippen molar-refractivity contribution in [3.05, 3.63) is 23.9 Å². The van der Waals surface area contributed by atoms with Crippen molar-refractivity contribution in [1.82, 2.24) is 20.1 Å². The number of imide groups is 1. The van der Waals surface area contributed by atoms with Crippen LogP contribution in [0.1, 0.15) is 37.0 Å². The van der Waals surface area contributed by atoms with Crippen LogP contribution in [0.4, 0.5) is 4.79 Å². The van der Waals surface area contributed by atoms with Gasteiger partial charge in [-0.25, -0.2) is 9.78 Å². The Hall–Kier alpha value is -2.64. The second-order valence-electron chi connectivity index (χ2n) is 7.17. The average molecular weight is 360 g/mol. The fourth-order valence-electron chi connectivity index (χ4n) is 3.63. The molecule has 1 spiro atoms. The van der Waals surface area contributed by atoms with Gasteiger partial charge in [0.2, 0.25) is 5.88 Å². The number of piperidine rings is 1. The van der Waals surface area contributed by atoms with Crippen LogP contribution in [0.15, 0.2) is 18.3 Å². The van der Waals surface area contributed by atoms with Crippen LogP contribution in [0, 0.1) is 5.92 Å². The number of aromatic nitrogens is 1. The molecule has 4 amide bonds. The number of rotatable bonds is 4. The molecule has 26 heavy (non-hydrogen) atoms. The van der Waals surface area contributed by atoms with Crippen LogP contribution >= 0.6 is 0 Å². The first-order chi connectivity index (χ1) is 12.4. The van der Waals surface area contributed by atoms with Gasteiger partial charge in [-0.1, -0.05) is 13.8 Å². The molecular weight excluding hydrogens is 336 g/mol. The lowest BCUT2D eigenvalue weighted by Crippen LogP contribution is -2.58. The summed E-state index contributed by atoms with van der Waals surface area (Å²) in [7, 11) is 1.50. The highest BCUT2D eigenvalue weighted by molar-refractivity contribution is 6.07. The number of urea groups is 1. The van der Waals surface area contributed by atoms with Crippen molar-refractivity contribution in [3.8, 4) is 5.88 Å². The molecule has 8 nitrogen and oxygen atoms in total. The zero-order chi connectivity index (χ0) is 18.9. The number of likely N-dealkylation sites (tertiary alicyclic amines) is 1. The van der Waals surface area contributed by atoms with Gasteiger partial charge in [-0.05, 0) is 24.8 Å². The molecule has 140 valence electrons. The molecular formula is C18H24N4O4. The van der Waals surface area contributed by atoms with Gasteiger partial charge in [-0.3, -0.25) is 14.9 Å². The van der Waals surface area contributed by atoms with Gasteiger partial charge in [0.15, 0.2) is 0 Å². The van der Waals surface area contributed by atoms with E-state index in [1.54, 1.807) is 21.9 Å². The van der Waals surface area contributed by atoms with Crippen molar-refractivity contribution in [3.63, 3.8) is 0 Å². The lowest BCUT2D eigenvalue weighted by molar-refractivity contribution is -0.129. The Morgan fingerprint density at radius 2 is 2.04 bits per heavy atom. The molecule has 0 aliphatic carbocycles. The Labute approximate surface area is 152 Å². The molecule has 8 heteroatoms. The van der Waals surface area contributed by atoms with Gasteiger partial charge in [0.1, 0.15) is 5.54 Å². The van der Waals surface area contributed by atoms with E-state index in [2.05, 4.69) is 10.3 Å². The van der Waals surface area contributed by atoms with Crippen molar-refractivity contribution in [2.75, 3.05) is 26.7 Å². The number of carbonyl (C=O) groups excluding carboxylic acids is 3. The van der Waals surface area contributed by atoms with Gasteiger partial charge in [0, 0.05) is 37.5 Å².